The number of ether oxygens (including phenoxy) is 2. The Hall–Kier alpha value is -2.60. The first-order valence-corrected chi connectivity index (χ1v) is 9.24. The summed E-state index contributed by atoms with van der Waals surface area (Å²) in [6.07, 6.45) is -0.472. The lowest BCUT2D eigenvalue weighted by Crippen LogP contribution is -2.43. The molecule has 152 valence electrons. The lowest BCUT2D eigenvalue weighted by Gasteiger charge is -2.31. The van der Waals surface area contributed by atoms with Crippen molar-refractivity contribution in [2.24, 2.45) is 0 Å². The minimum atomic E-state index is -0.612. The number of aliphatic hydroxyl groups is 1. The summed E-state index contributed by atoms with van der Waals surface area (Å²) in [5, 5.41) is 9.48. The average molecular weight is 389 g/mol. The normalized spacial score (nSPS) is 12.4. The minimum absolute atomic E-state index is 0.159. The SMILES string of the molecule is CC(CO)N(Cc1ccc(OCc2cccc(F)c2)cc1)C(=O)OC(C)(C)C. The summed E-state index contributed by atoms with van der Waals surface area (Å²) in [7, 11) is 0. The molecule has 5 nitrogen and oxygen atoms in total. The second-order valence-electron chi connectivity index (χ2n) is 7.70. The van der Waals surface area contributed by atoms with Crippen LogP contribution in [0.4, 0.5) is 9.18 Å². The van der Waals surface area contributed by atoms with E-state index in [1.54, 1.807) is 52.0 Å². The van der Waals surface area contributed by atoms with Crippen LogP contribution in [0.15, 0.2) is 48.5 Å². The Morgan fingerprint density at radius 1 is 1.14 bits per heavy atom. The number of aliphatic hydroxyl groups excluding tert-OH is 1. The van der Waals surface area contributed by atoms with Crippen LogP contribution in [-0.2, 0) is 17.9 Å². The number of carbonyl (C=O) groups is 1. The van der Waals surface area contributed by atoms with Gasteiger partial charge < -0.3 is 14.6 Å². The molecule has 1 atom stereocenters. The van der Waals surface area contributed by atoms with Crippen LogP contribution in [0.1, 0.15) is 38.8 Å². The van der Waals surface area contributed by atoms with Crippen LogP contribution in [0.25, 0.3) is 0 Å². The molecule has 0 fully saturated rings. The summed E-state index contributed by atoms with van der Waals surface area (Å²) >= 11 is 0. The van der Waals surface area contributed by atoms with E-state index in [2.05, 4.69) is 0 Å². The third-order valence-corrected chi connectivity index (χ3v) is 4.00. The van der Waals surface area contributed by atoms with Crippen LogP contribution in [0.5, 0.6) is 5.75 Å². The van der Waals surface area contributed by atoms with Crippen LogP contribution in [0.2, 0.25) is 0 Å². The standard InChI is InChI=1S/C22H28FNO4/c1-16(14-25)24(21(26)28-22(2,3)4)13-17-8-10-20(11-9-17)27-15-18-6-5-7-19(23)12-18/h5-12,16,25H,13-15H2,1-4H3. The Morgan fingerprint density at radius 2 is 1.82 bits per heavy atom. The molecule has 0 saturated heterocycles. The monoisotopic (exact) mass is 389 g/mol. The Balaban J connectivity index is 2.00. The van der Waals surface area contributed by atoms with Crippen LogP contribution in [0.3, 0.4) is 0 Å². The van der Waals surface area contributed by atoms with Crippen LogP contribution in [-0.4, -0.2) is 34.3 Å². The molecule has 6 heteroatoms. The fourth-order valence-electron chi connectivity index (χ4n) is 2.50. The minimum Gasteiger partial charge on any atom is -0.489 e. The molecule has 0 aliphatic heterocycles. The lowest BCUT2D eigenvalue weighted by molar-refractivity contribution is 0.00937. The van der Waals surface area contributed by atoms with E-state index in [1.165, 1.54) is 17.0 Å². The molecule has 0 heterocycles. The number of benzene rings is 2. The van der Waals surface area contributed by atoms with Gasteiger partial charge in [-0.3, -0.25) is 4.90 Å². The molecule has 28 heavy (non-hydrogen) atoms. The Kier molecular flexibility index (Phi) is 7.40. The highest BCUT2D eigenvalue weighted by molar-refractivity contribution is 5.68. The van der Waals surface area contributed by atoms with Gasteiger partial charge in [0.05, 0.1) is 12.6 Å². The molecule has 0 radical (unpaired) electrons. The second-order valence-corrected chi connectivity index (χ2v) is 7.70. The maximum absolute atomic E-state index is 13.2. The first-order valence-electron chi connectivity index (χ1n) is 9.24. The Labute approximate surface area is 165 Å². The van der Waals surface area contributed by atoms with E-state index in [0.29, 0.717) is 12.3 Å². The fraction of sp³-hybridized carbons (Fsp3) is 0.409. The van der Waals surface area contributed by atoms with E-state index in [4.69, 9.17) is 9.47 Å². The van der Waals surface area contributed by atoms with Gasteiger partial charge in [0.15, 0.2) is 0 Å². The summed E-state index contributed by atoms with van der Waals surface area (Å²) in [6, 6.07) is 13.2. The third-order valence-electron chi connectivity index (χ3n) is 4.00. The lowest BCUT2D eigenvalue weighted by atomic mass is 10.1. The molecule has 0 bridgehead atoms. The Morgan fingerprint density at radius 3 is 2.39 bits per heavy atom. The molecule has 1 unspecified atom stereocenters. The molecule has 1 N–H and O–H groups in total. The van der Waals surface area contributed by atoms with E-state index in [0.717, 1.165) is 11.1 Å². The highest BCUT2D eigenvalue weighted by Gasteiger charge is 2.25. The molecular weight excluding hydrogens is 361 g/mol. The molecule has 2 aromatic rings. The van der Waals surface area contributed by atoms with Crippen molar-refractivity contribution in [1.82, 2.24) is 4.90 Å². The number of amides is 1. The largest absolute Gasteiger partial charge is 0.489 e. The second kappa shape index (κ2) is 9.55. The van der Waals surface area contributed by atoms with Crippen LogP contribution < -0.4 is 4.74 Å². The summed E-state index contributed by atoms with van der Waals surface area (Å²) < 4.78 is 24.3. The van der Waals surface area contributed by atoms with E-state index in [-0.39, 0.29) is 25.1 Å². The topological polar surface area (TPSA) is 59.0 Å². The molecule has 0 saturated carbocycles. The van der Waals surface area contributed by atoms with Gasteiger partial charge in [-0.15, -0.1) is 0 Å². The van der Waals surface area contributed by atoms with Crippen LogP contribution in [0, 0.1) is 5.82 Å². The number of hydrogen-bond donors (Lipinski definition) is 1. The number of rotatable bonds is 7. The first kappa shape index (κ1) is 21.7. The zero-order chi connectivity index (χ0) is 20.7. The van der Waals surface area contributed by atoms with Crippen molar-refractivity contribution in [2.75, 3.05) is 6.61 Å². The number of nitrogens with zero attached hydrogens (tertiary/aromatic N) is 1. The maximum atomic E-state index is 13.2. The smallest absolute Gasteiger partial charge is 0.410 e. The summed E-state index contributed by atoms with van der Waals surface area (Å²) in [5.41, 5.74) is 1.01. The first-order chi connectivity index (χ1) is 13.2. The van der Waals surface area contributed by atoms with Gasteiger partial charge in [-0.2, -0.15) is 0 Å². The maximum Gasteiger partial charge on any atom is 0.410 e. The van der Waals surface area contributed by atoms with Crippen molar-refractivity contribution in [3.8, 4) is 5.75 Å². The van der Waals surface area contributed by atoms with Crippen molar-refractivity contribution < 1.29 is 23.8 Å². The zero-order valence-corrected chi connectivity index (χ0v) is 16.8. The number of carbonyl (C=O) groups excluding carboxylic acids is 1. The van der Waals surface area contributed by atoms with Gasteiger partial charge in [-0.25, -0.2) is 9.18 Å². The van der Waals surface area contributed by atoms with Crippen molar-refractivity contribution in [3.63, 3.8) is 0 Å². The van der Waals surface area contributed by atoms with E-state index >= 15 is 0 Å². The van der Waals surface area contributed by atoms with Gasteiger partial charge in [0.25, 0.3) is 0 Å². The molecule has 1 amide bonds. The van der Waals surface area contributed by atoms with Crippen LogP contribution >= 0.6 is 0 Å². The fourth-order valence-corrected chi connectivity index (χ4v) is 2.50. The highest BCUT2D eigenvalue weighted by atomic mass is 19.1. The molecule has 0 aliphatic carbocycles. The number of hydrogen-bond acceptors (Lipinski definition) is 4. The van der Waals surface area contributed by atoms with Gasteiger partial charge in [-0.1, -0.05) is 24.3 Å². The van der Waals surface area contributed by atoms with Crippen molar-refractivity contribution in [1.29, 1.82) is 0 Å². The molecule has 2 aromatic carbocycles. The van der Waals surface area contributed by atoms with Gasteiger partial charge in [0.2, 0.25) is 0 Å². The van der Waals surface area contributed by atoms with Crippen molar-refractivity contribution in [3.05, 3.63) is 65.5 Å². The van der Waals surface area contributed by atoms with Gasteiger partial charge >= 0.3 is 6.09 Å². The third kappa shape index (κ3) is 6.85. The Bertz CT molecular complexity index is 771. The molecule has 0 spiro atoms. The van der Waals surface area contributed by atoms with Gasteiger partial charge in [-0.05, 0) is 63.1 Å². The van der Waals surface area contributed by atoms with Gasteiger partial charge in [0, 0.05) is 6.54 Å². The number of halogens is 1. The zero-order valence-electron chi connectivity index (χ0n) is 16.8. The summed E-state index contributed by atoms with van der Waals surface area (Å²) in [5.74, 6) is 0.351. The van der Waals surface area contributed by atoms with Crippen molar-refractivity contribution >= 4 is 6.09 Å². The highest BCUT2D eigenvalue weighted by Crippen LogP contribution is 2.19. The average Bonchev–Trinajstić information content (AvgIpc) is 2.63. The molecule has 0 aromatic heterocycles. The summed E-state index contributed by atoms with van der Waals surface area (Å²) in [6.45, 7) is 7.59. The predicted molar refractivity (Wildman–Crippen MR) is 105 cm³/mol. The van der Waals surface area contributed by atoms with E-state index < -0.39 is 11.7 Å². The molecule has 2 rings (SSSR count). The van der Waals surface area contributed by atoms with E-state index in [9.17, 15) is 14.3 Å². The predicted octanol–water partition coefficient (Wildman–Crippen LogP) is 4.52. The molecule has 0 aliphatic rings. The summed E-state index contributed by atoms with van der Waals surface area (Å²) in [4.78, 5) is 13.9. The quantitative estimate of drug-likeness (QED) is 0.756. The van der Waals surface area contributed by atoms with Gasteiger partial charge in [0.1, 0.15) is 23.8 Å². The molecular formula is C22H28FNO4. The van der Waals surface area contributed by atoms with E-state index in [1.807, 2.05) is 12.1 Å². The van der Waals surface area contributed by atoms with Crippen molar-refractivity contribution in [2.45, 2.75) is 52.5 Å².